The van der Waals surface area contributed by atoms with Crippen molar-refractivity contribution in [3.63, 3.8) is 0 Å². The number of carbonyl (C=O) groups excluding carboxylic acids is 3. The minimum absolute atomic E-state index is 0.219. The number of hydrogen-bond donors (Lipinski definition) is 3. The van der Waals surface area contributed by atoms with Gasteiger partial charge in [-0.3, -0.25) is 24.0 Å². The number of nitrogens with one attached hydrogen (secondary N) is 2. The summed E-state index contributed by atoms with van der Waals surface area (Å²) < 4.78 is 22.4. The van der Waals surface area contributed by atoms with Crippen LogP contribution in [0, 0.1) is 5.92 Å². The number of rotatable bonds is 8. The highest BCUT2D eigenvalue weighted by atomic mass is 32.2. The molecule has 6 aliphatic rings. The lowest BCUT2D eigenvalue weighted by Crippen LogP contribution is -2.57. The Kier molecular flexibility index (Phi) is 10.3. The molecule has 1 aromatic rings. The molecule has 3 fully saturated rings. The Bertz CT molecular complexity index is 1630. The molecule has 4 N–H and O–H groups in total. The molecular formula is C39H51N5O5S. The van der Waals surface area contributed by atoms with Gasteiger partial charge in [0.15, 0.2) is 0 Å². The van der Waals surface area contributed by atoms with Gasteiger partial charge in [0.2, 0.25) is 11.8 Å². The van der Waals surface area contributed by atoms with E-state index < -0.39 is 45.2 Å². The highest BCUT2D eigenvalue weighted by Crippen LogP contribution is 2.48. The van der Waals surface area contributed by atoms with Gasteiger partial charge in [0.1, 0.15) is 29.3 Å². The fourth-order valence-corrected chi connectivity index (χ4v) is 9.42. The van der Waals surface area contributed by atoms with Crippen LogP contribution in [0.15, 0.2) is 77.4 Å². The molecule has 10 nitrogen and oxygen atoms in total. The average Bonchev–Trinajstić information content (AvgIpc) is 3.95. The number of nitrogens with two attached hydrogens (primary N) is 1. The van der Waals surface area contributed by atoms with Crippen molar-refractivity contribution in [1.29, 1.82) is 0 Å². The minimum Gasteiger partial charge on any atom is -0.361 e. The van der Waals surface area contributed by atoms with Crippen LogP contribution < -0.4 is 15.8 Å². The van der Waals surface area contributed by atoms with Crippen LogP contribution in [0.5, 0.6) is 0 Å². The summed E-state index contributed by atoms with van der Waals surface area (Å²) in [7, 11) is -1.62. The van der Waals surface area contributed by atoms with Crippen molar-refractivity contribution in [2.24, 2.45) is 11.7 Å². The Hall–Kier alpha value is -3.38. The summed E-state index contributed by atoms with van der Waals surface area (Å²) in [6.07, 6.45) is 18.1. The molecule has 2 saturated carbocycles. The van der Waals surface area contributed by atoms with Gasteiger partial charge >= 0.3 is 0 Å². The van der Waals surface area contributed by atoms with Gasteiger partial charge < -0.3 is 20.7 Å². The second kappa shape index (κ2) is 14.7. The first-order valence-corrected chi connectivity index (χ1v) is 19.5. The third kappa shape index (κ3) is 7.47. The minimum atomic E-state index is -1.62. The Labute approximate surface area is 298 Å². The summed E-state index contributed by atoms with van der Waals surface area (Å²) in [6, 6.07) is 8.39. The third-order valence-corrected chi connectivity index (χ3v) is 13.2. The zero-order valence-electron chi connectivity index (χ0n) is 29.1. The first kappa shape index (κ1) is 35.0. The van der Waals surface area contributed by atoms with Gasteiger partial charge in [-0.1, -0.05) is 73.6 Å². The first-order chi connectivity index (χ1) is 24.2. The summed E-state index contributed by atoms with van der Waals surface area (Å²) in [5.41, 5.74) is 10.3. The number of carbonyl (C=O) groups is 3. The fourth-order valence-electron chi connectivity index (χ4n) is 8.09. The SMILES string of the molecule is CC1=CC=CCC2=C1CN(COC1CC3C(=O)NC4(C(=O)NS(=O)C5(Cc6ccccc6)CC5)CC4/C=C\CCCCCC(N)C(=O)N3C1)C2. The number of hydrogen-bond acceptors (Lipinski definition) is 7. The topological polar surface area (TPSA) is 134 Å². The predicted octanol–water partition coefficient (Wildman–Crippen LogP) is 3.73. The van der Waals surface area contributed by atoms with Crippen molar-refractivity contribution in [2.45, 2.75) is 106 Å². The van der Waals surface area contributed by atoms with Gasteiger partial charge in [-0.05, 0) is 80.6 Å². The predicted molar refractivity (Wildman–Crippen MR) is 194 cm³/mol. The lowest BCUT2D eigenvalue weighted by molar-refractivity contribution is -0.140. The summed E-state index contributed by atoms with van der Waals surface area (Å²) >= 11 is 0. The van der Waals surface area contributed by atoms with Crippen LogP contribution in [0.2, 0.25) is 0 Å². The monoisotopic (exact) mass is 701 g/mol. The van der Waals surface area contributed by atoms with Crippen LogP contribution in [0.4, 0.5) is 0 Å². The van der Waals surface area contributed by atoms with Crippen LogP contribution in [0.25, 0.3) is 0 Å². The van der Waals surface area contributed by atoms with Crippen LogP contribution in [0.1, 0.15) is 76.7 Å². The Morgan fingerprint density at radius 2 is 1.94 bits per heavy atom. The largest absolute Gasteiger partial charge is 0.361 e. The van der Waals surface area contributed by atoms with Crippen molar-refractivity contribution in [3.05, 3.63) is 83.0 Å². The molecule has 1 aromatic carbocycles. The first-order valence-electron chi connectivity index (χ1n) is 18.4. The lowest BCUT2D eigenvalue weighted by Gasteiger charge is -2.28. The molecule has 11 heteroatoms. The highest BCUT2D eigenvalue weighted by molar-refractivity contribution is 7.85. The third-order valence-electron chi connectivity index (χ3n) is 11.5. The summed E-state index contributed by atoms with van der Waals surface area (Å²) in [5.74, 6) is -1.29. The van der Waals surface area contributed by atoms with Crippen LogP contribution in [-0.2, 0) is 36.5 Å². The molecule has 3 aliphatic carbocycles. The maximum atomic E-state index is 14.2. The van der Waals surface area contributed by atoms with Gasteiger partial charge in [-0.25, -0.2) is 4.21 Å². The molecule has 1 saturated heterocycles. The van der Waals surface area contributed by atoms with Crippen molar-refractivity contribution in [2.75, 3.05) is 26.4 Å². The Balaban J connectivity index is 1.05. The normalized spacial score (nSPS) is 32.4. The summed E-state index contributed by atoms with van der Waals surface area (Å²) in [6.45, 7) is 4.44. The molecule has 0 spiro atoms. The standard InChI is InChI=1S/C39H51N5O5S/c1-27-12-10-11-15-29-23-43(25-32(27)29)26-49-31-20-34-35(45)41-39(37(47)42-50(48)38(18-19-38)21-28-13-6-5-7-14-28)22-30(39)16-8-3-2-4-9-17-33(40)36(46)44(34)24-31/h5-8,10-14,16,30-31,33-34H,2-4,9,15,17-26,40H2,1H3,(H,41,45)(H,42,47)/b16-8-. The molecule has 3 amide bonds. The Morgan fingerprint density at radius 3 is 2.74 bits per heavy atom. The second-order valence-electron chi connectivity index (χ2n) is 15.2. The van der Waals surface area contributed by atoms with E-state index in [-0.39, 0.29) is 24.5 Å². The van der Waals surface area contributed by atoms with Gasteiger partial charge in [0.25, 0.3) is 5.91 Å². The smallest absolute Gasteiger partial charge is 0.258 e. The summed E-state index contributed by atoms with van der Waals surface area (Å²) in [4.78, 5) is 45.8. The van der Waals surface area contributed by atoms with E-state index in [9.17, 15) is 18.6 Å². The highest BCUT2D eigenvalue weighted by Gasteiger charge is 2.62. The van der Waals surface area contributed by atoms with E-state index in [1.165, 1.54) is 16.7 Å². The van der Waals surface area contributed by atoms with Crippen molar-refractivity contribution >= 4 is 28.7 Å². The zero-order chi connectivity index (χ0) is 34.9. The number of fused-ring (bicyclic) bond motifs is 2. The number of allylic oxidation sites excluding steroid dienone is 4. The molecule has 0 bridgehead atoms. The average molecular weight is 702 g/mol. The number of benzene rings is 1. The van der Waals surface area contributed by atoms with E-state index in [2.05, 4.69) is 46.2 Å². The van der Waals surface area contributed by atoms with Crippen molar-refractivity contribution < 1.29 is 23.3 Å². The van der Waals surface area contributed by atoms with E-state index in [1.807, 2.05) is 36.4 Å². The van der Waals surface area contributed by atoms with Crippen molar-refractivity contribution in [1.82, 2.24) is 19.8 Å². The van der Waals surface area contributed by atoms with E-state index in [4.69, 9.17) is 10.5 Å². The molecule has 6 atom stereocenters. The zero-order valence-corrected chi connectivity index (χ0v) is 29.9. The molecule has 268 valence electrons. The maximum Gasteiger partial charge on any atom is 0.258 e. The molecule has 0 aromatic heterocycles. The molecule has 3 aliphatic heterocycles. The molecular weight excluding hydrogens is 651 g/mol. The maximum absolute atomic E-state index is 14.2. The number of ether oxygens (including phenoxy) is 1. The molecule has 0 radical (unpaired) electrons. The molecule has 50 heavy (non-hydrogen) atoms. The van der Waals surface area contributed by atoms with E-state index in [0.29, 0.717) is 32.4 Å². The number of nitrogens with zero attached hydrogens (tertiary/aromatic N) is 2. The van der Waals surface area contributed by atoms with Crippen LogP contribution >= 0.6 is 0 Å². The Morgan fingerprint density at radius 1 is 1.12 bits per heavy atom. The second-order valence-corrected chi connectivity index (χ2v) is 16.8. The molecule has 3 heterocycles. The van der Waals surface area contributed by atoms with Crippen LogP contribution in [-0.4, -0.2) is 86.6 Å². The summed E-state index contributed by atoms with van der Waals surface area (Å²) in [5, 5.41) is 3.08. The van der Waals surface area contributed by atoms with E-state index in [1.54, 1.807) is 4.90 Å². The molecule has 6 unspecified atom stereocenters. The van der Waals surface area contributed by atoms with Gasteiger partial charge in [-0.15, -0.1) is 0 Å². The lowest BCUT2D eigenvalue weighted by atomic mass is 10.0. The van der Waals surface area contributed by atoms with Crippen LogP contribution in [0.3, 0.4) is 0 Å². The van der Waals surface area contributed by atoms with Crippen molar-refractivity contribution in [3.8, 4) is 0 Å². The van der Waals surface area contributed by atoms with E-state index >= 15 is 0 Å². The van der Waals surface area contributed by atoms with Gasteiger partial charge in [0.05, 0.1) is 16.9 Å². The van der Waals surface area contributed by atoms with E-state index in [0.717, 1.165) is 63.6 Å². The fraction of sp³-hybridized carbons (Fsp3) is 0.564. The molecule has 7 rings (SSSR count). The van der Waals surface area contributed by atoms with Gasteiger partial charge in [0, 0.05) is 32.0 Å². The quantitative estimate of drug-likeness (QED) is 0.352. The number of amides is 3. The van der Waals surface area contributed by atoms with Gasteiger partial charge in [-0.2, -0.15) is 0 Å².